The van der Waals surface area contributed by atoms with Gasteiger partial charge in [0.1, 0.15) is 18.1 Å². The Labute approximate surface area is 170 Å². The van der Waals surface area contributed by atoms with Crippen LogP contribution in [-0.4, -0.2) is 18.3 Å². The first-order chi connectivity index (χ1) is 14.1. The third-order valence-electron chi connectivity index (χ3n) is 4.31. The topological polar surface area (TPSA) is 64.6 Å². The molecular weight excluding hydrogens is 366 g/mol. The first kappa shape index (κ1) is 20.1. The highest BCUT2D eigenvalue weighted by Gasteiger charge is 2.14. The summed E-state index contributed by atoms with van der Waals surface area (Å²) in [6.45, 7) is 4.09. The Kier molecular flexibility index (Phi) is 6.63. The Bertz CT molecular complexity index is 999. The molecule has 29 heavy (non-hydrogen) atoms. The second kappa shape index (κ2) is 9.55. The van der Waals surface area contributed by atoms with Crippen molar-refractivity contribution >= 4 is 17.4 Å². The van der Waals surface area contributed by atoms with Crippen LogP contribution < -0.4 is 14.8 Å². The van der Waals surface area contributed by atoms with Crippen molar-refractivity contribution in [2.24, 2.45) is 0 Å². The Balaban J connectivity index is 1.80. The van der Waals surface area contributed by atoms with Gasteiger partial charge in [0, 0.05) is 16.8 Å². The quantitative estimate of drug-likeness (QED) is 0.543. The molecule has 0 saturated heterocycles. The van der Waals surface area contributed by atoms with E-state index in [0.717, 1.165) is 5.56 Å². The fourth-order valence-electron chi connectivity index (χ4n) is 2.86. The normalized spacial score (nSPS) is 10.3. The Morgan fingerprint density at radius 2 is 1.59 bits per heavy atom. The van der Waals surface area contributed by atoms with Gasteiger partial charge in [-0.1, -0.05) is 30.3 Å². The standard InChI is InChI=1S/C24H23NO4/c1-3-28-22-14-13-18(17(2)26)15-19(22)16-29-23-12-8-7-11-21(23)24(27)25-20-9-5-4-6-10-20/h4-15H,3,16H2,1-2H3,(H,25,27). The molecular formula is C24H23NO4. The predicted molar refractivity (Wildman–Crippen MR) is 113 cm³/mol. The second-order valence-electron chi connectivity index (χ2n) is 6.42. The monoisotopic (exact) mass is 389 g/mol. The Morgan fingerprint density at radius 3 is 2.31 bits per heavy atom. The summed E-state index contributed by atoms with van der Waals surface area (Å²) in [4.78, 5) is 24.4. The van der Waals surface area contributed by atoms with Gasteiger partial charge >= 0.3 is 0 Å². The van der Waals surface area contributed by atoms with Crippen LogP contribution in [0, 0.1) is 0 Å². The van der Waals surface area contributed by atoms with Crippen molar-refractivity contribution in [1.29, 1.82) is 0 Å². The van der Waals surface area contributed by atoms with E-state index in [1.165, 1.54) is 6.92 Å². The number of ether oxygens (including phenoxy) is 2. The van der Waals surface area contributed by atoms with Gasteiger partial charge in [0.05, 0.1) is 12.2 Å². The minimum atomic E-state index is -0.255. The molecule has 0 spiro atoms. The van der Waals surface area contributed by atoms with E-state index in [1.54, 1.807) is 36.4 Å². The highest BCUT2D eigenvalue weighted by atomic mass is 16.5. The number of Topliss-reactive ketones (excluding diaryl/α,β-unsaturated/α-hetero) is 1. The lowest BCUT2D eigenvalue weighted by Gasteiger charge is -2.15. The maximum absolute atomic E-state index is 12.7. The molecule has 0 atom stereocenters. The summed E-state index contributed by atoms with van der Waals surface area (Å²) < 4.78 is 11.6. The number of anilines is 1. The van der Waals surface area contributed by atoms with Gasteiger partial charge in [0.2, 0.25) is 0 Å². The minimum absolute atomic E-state index is 0.0306. The summed E-state index contributed by atoms with van der Waals surface area (Å²) in [6.07, 6.45) is 0. The molecule has 1 N–H and O–H groups in total. The van der Waals surface area contributed by atoms with Crippen molar-refractivity contribution in [2.45, 2.75) is 20.5 Å². The molecule has 0 heterocycles. The molecule has 5 nitrogen and oxygen atoms in total. The zero-order valence-electron chi connectivity index (χ0n) is 16.5. The van der Waals surface area contributed by atoms with Crippen LogP contribution in [0.25, 0.3) is 0 Å². The number of amides is 1. The molecule has 3 aromatic rings. The number of ketones is 1. The number of benzene rings is 3. The van der Waals surface area contributed by atoms with Gasteiger partial charge in [0.25, 0.3) is 5.91 Å². The number of nitrogens with one attached hydrogen (secondary N) is 1. The average Bonchev–Trinajstić information content (AvgIpc) is 2.74. The van der Waals surface area contributed by atoms with Gasteiger partial charge in [0.15, 0.2) is 5.78 Å². The molecule has 0 saturated carbocycles. The summed E-state index contributed by atoms with van der Waals surface area (Å²) >= 11 is 0. The van der Waals surface area contributed by atoms with E-state index in [-0.39, 0.29) is 18.3 Å². The van der Waals surface area contributed by atoms with Crippen LogP contribution >= 0.6 is 0 Å². The largest absolute Gasteiger partial charge is 0.493 e. The predicted octanol–water partition coefficient (Wildman–Crippen LogP) is 5.12. The summed E-state index contributed by atoms with van der Waals surface area (Å²) in [7, 11) is 0. The molecule has 0 bridgehead atoms. The number of hydrogen-bond donors (Lipinski definition) is 1. The fraction of sp³-hybridized carbons (Fsp3) is 0.167. The van der Waals surface area contributed by atoms with E-state index in [2.05, 4.69) is 5.32 Å². The molecule has 3 rings (SSSR count). The number of para-hydroxylation sites is 2. The van der Waals surface area contributed by atoms with Crippen molar-refractivity contribution in [2.75, 3.05) is 11.9 Å². The van der Waals surface area contributed by atoms with Crippen LogP contribution in [-0.2, 0) is 6.61 Å². The summed E-state index contributed by atoms with van der Waals surface area (Å²) in [5.41, 5.74) is 2.47. The first-order valence-electron chi connectivity index (χ1n) is 9.43. The third-order valence-corrected chi connectivity index (χ3v) is 4.31. The van der Waals surface area contributed by atoms with Crippen LogP contribution in [0.5, 0.6) is 11.5 Å². The molecule has 0 aliphatic rings. The highest BCUT2D eigenvalue weighted by Crippen LogP contribution is 2.25. The van der Waals surface area contributed by atoms with Crippen molar-refractivity contribution in [3.63, 3.8) is 0 Å². The van der Waals surface area contributed by atoms with E-state index in [4.69, 9.17) is 9.47 Å². The zero-order valence-corrected chi connectivity index (χ0v) is 16.5. The van der Waals surface area contributed by atoms with Crippen LogP contribution in [0.1, 0.15) is 40.1 Å². The highest BCUT2D eigenvalue weighted by molar-refractivity contribution is 6.06. The number of carbonyl (C=O) groups is 2. The van der Waals surface area contributed by atoms with Gasteiger partial charge < -0.3 is 14.8 Å². The van der Waals surface area contributed by atoms with Crippen molar-refractivity contribution in [3.8, 4) is 11.5 Å². The van der Waals surface area contributed by atoms with Gasteiger partial charge in [-0.2, -0.15) is 0 Å². The average molecular weight is 389 g/mol. The maximum atomic E-state index is 12.7. The van der Waals surface area contributed by atoms with E-state index in [9.17, 15) is 9.59 Å². The number of rotatable bonds is 8. The molecule has 0 radical (unpaired) electrons. The SMILES string of the molecule is CCOc1ccc(C(C)=O)cc1COc1ccccc1C(=O)Nc1ccccc1. The molecule has 5 heteroatoms. The first-order valence-corrected chi connectivity index (χ1v) is 9.43. The van der Waals surface area contributed by atoms with Crippen LogP contribution in [0.15, 0.2) is 72.8 Å². The molecule has 0 unspecified atom stereocenters. The van der Waals surface area contributed by atoms with Crippen molar-refractivity contribution in [1.82, 2.24) is 0 Å². The van der Waals surface area contributed by atoms with Gasteiger partial charge in [-0.05, 0) is 56.3 Å². The third kappa shape index (κ3) is 5.23. The van der Waals surface area contributed by atoms with Gasteiger partial charge in [-0.3, -0.25) is 9.59 Å². The summed E-state index contributed by atoms with van der Waals surface area (Å²) in [6, 6.07) is 21.6. The Hall–Kier alpha value is -3.60. The molecule has 0 fully saturated rings. The van der Waals surface area contributed by atoms with Crippen molar-refractivity contribution < 1.29 is 19.1 Å². The summed E-state index contributed by atoms with van der Waals surface area (Å²) in [5, 5.41) is 2.86. The lowest BCUT2D eigenvalue weighted by Crippen LogP contribution is -2.13. The van der Waals surface area contributed by atoms with E-state index < -0.39 is 0 Å². The second-order valence-corrected chi connectivity index (χ2v) is 6.42. The molecule has 0 aromatic heterocycles. The molecule has 0 aliphatic carbocycles. The maximum Gasteiger partial charge on any atom is 0.259 e. The number of carbonyl (C=O) groups excluding carboxylic acids is 2. The van der Waals surface area contributed by atoms with Gasteiger partial charge in [-0.25, -0.2) is 0 Å². The summed E-state index contributed by atoms with van der Waals surface area (Å²) in [5.74, 6) is 0.826. The minimum Gasteiger partial charge on any atom is -0.493 e. The lowest BCUT2D eigenvalue weighted by atomic mass is 10.1. The van der Waals surface area contributed by atoms with Crippen LogP contribution in [0.2, 0.25) is 0 Å². The molecule has 148 valence electrons. The van der Waals surface area contributed by atoms with Crippen LogP contribution in [0.3, 0.4) is 0 Å². The number of hydrogen-bond acceptors (Lipinski definition) is 4. The van der Waals surface area contributed by atoms with Crippen molar-refractivity contribution in [3.05, 3.63) is 89.5 Å². The fourth-order valence-corrected chi connectivity index (χ4v) is 2.86. The van der Waals surface area contributed by atoms with E-state index in [0.29, 0.717) is 34.9 Å². The van der Waals surface area contributed by atoms with E-state index in [1.807, 2.05) is 43.3 Å². The zero-order chi connectivity index (χ0) is 20.6. The van der Waals surface area contributed by atoms with Crippen LogP contribution in [0.4, 0.5) is 5.69 Å². The lowest BCUT2D eigenvalue weighted by molar-refractivity contribution is 0.101. The smallest absolute Gasteiger partial charge is 0.259 e. The van der Waals surface area contributed by atoms with E-state index >= 15 is 0 Å². The molecule has 0 aliphatic heterocycles. The van der Waals surface area contributed by atoms with Gasteiger partial charge in [-0.15, -0.1) is 0 Å². The molecule has 1 amide bonds. The molecule has 3 aromatic carbocycles. The Morgan fingerprint density at radius 1 is 0.862 bits per heavy atom.